The van der Waals surface area contributed by atoms with E-state index in [-0.39, 0.29) is 6.54 Å². The van der Waals surface area contributed by atoms with Crippen molar-refractivity contribution in [3.8, 4) is 0 Å². The van der Waals surface area contributed by atoms with E-state index < -0.39 is 11.6 Å². The topological polar surface area (TPSA) is 12.0 Å². The van der Waals surface area contributed by atoms with Crippen LogP contribution in [0, 0.1) is 11.6 Å². The van der Waals surface area contributed by atoms with Crippen LogP contribution in [0.2, 0.25) is 15.1 Å². The second-order valence-corrected chi connectivity index (χ2v) is 5.10. The largest absolute Gasteiger partial charge is 0.379 e. The fourth-order valence-electron chi connectivity index (χ4n) is 1.55. The van der Waals surface area contributed by atoms with Gasteiger partial charge in [0.25, 0.3) is 0 Å². The van der Waals surface area contributed by atoms with Crippen LogP contribution >= 0.6 is 34.8 Å². The maximum absolute atomic E-state index is 13.0. The summed E-state index contributed by atoms with van der Waals surface area (Å²) in [6.45, 7) is 0.262. The quantitative estimate of drug-likeness (QED) is 0.782. The van der Waals surface area contributed by atoms with Gasteiger partial charge in [-0.3, -0.25) is 0 Å². The first-order chi connectivity index (χ1) is 8.97. The maximum Gasteiger partial charge on any atom is 0.159 e. The highest BCUT2D eigenvalue weighted by atomic mass is 35.5. The smallest absolute Gasteiger partial charge is 0.159 e. The minimum absolute atomic E-state index is 0.262. The summed E-state index contributed by atoms with van der Waals surface area (Å²) in [6.07, 6.45) is 0. The summed E-state index contributed by atoms with van der Waals surface area (Å²) in [5.41, 5.74) is 1.07. The highest BCUT2D eigenvalue weighted by Gasteiger charge is 2.08. The highest BCUT2D eigenvalue weighted by Crippen LogP contribution is 2.33. The zero-order valence-corrected chi connectivity index (χ0v) is 11.8. The van der Waals surface area contributed by atoms with Gasteiger partial charge in [-0.1, -0.05) is 40.9 Å². The lowest BCUT2D eigenvalue weighted by Crippen LogP contribution is -2.01. The van der Waals surface area contributed by atoms with Crippen molar-refractivity contribution in [2.45, 2.75) is 6.54 Å². The van der Waals surface area contributed by atoms with Crippen molar-refractivity contribution in [1.29, 1.82) is 0 Å². The van der Waals surface area contributed by atoms with Crippen molar-refractivity contribution < 1.29 is 8.78 Å². The summed E-state index contributed by atoms with van der Waals surface area (Å²) in [7, 11) is 0. The van der Waals surface area contributed by atoms with Gasteiger partial charge in [0.2, 0.25) is 0 Å². The summed E-state index contributed by atoms with van der Waals surface area (Å²) in [4.78, 5) is 0. The second kappa shape index (κ2) is 5.95. The molecule has 0 saturated carbocycles. The second-order valence-electron chi connectivity index (χ2n) is 3.85. The number of benzene rings is 2. The molecule has 0 bridgehead atoms. The van der Waals surface area contributed by atoms with Crippen LogP contribution in [0.25, 0.3) is 0 Å². The molecular formula is C13H8Cl3F2N. The third-order valence-corrected chi connectivity index (χ3v) is 3.27. The molecule has 2 rings (SSSR count). The van der Waals surface area contributed by atoms with Gasteiger partial charge in [0.05, 0.1) is 15.7 Å². The Balaban J connectivity index is 2.16. The minimum atomic E-state index is -0.896. The van der Waals surface area contributed by atoms with E-state index in [9.17, 15) is 8.78 Å². The summed E-state index contributed by atoms with van der Waals surface area (Å²) in [6, 6.07) is 6.74. The van der Waals surface area contributed by atoms with Gasteiger partial charge in [-0.2, -0.15) is 0 Å². The van der Waals surface area contributed by atoms with Gasteiger partial charge in [-0.25, -0.2) is 8.78 Å². The Kier molecular flexibility index (Phi) is 4.50. The summed E-state index contributed by atoms with van der Waals surface area (Å²) in [5.74, 6) is -1.78. The van der Waals surface area contributed by atoms with Crippen LogP contribution in [0.1, 0.15) is 5.56 Å². The van der Waals surface area contributed by atoms with E-state index in [1.54, 1.807) is 12.1 Å². The first kappa shape index (κ1) is 14.4. The van der Waals surface area contributed by atoms with Gasteiger partial charge >= 0.3 is 0 Å². The lowest BCUT2D eigenvalue weighted by Gasteiger charge is -2.11. The molecule has 19 heavy (non-hydrogen) atoms. The average molecular weight is 323 g/mol. The molecule has 1 N–H and O–H groups in total. The summed E-state index contributed by atoms with van der Waals surface area (Å²) >= 11 is 17.8. The van der Waals surface area contributed by atoms with E-state index in [2.05, 4.69) is 5.32 Å². The van der Waals surface area contributed by atoms with Gasteiger partial charge < -0.3 is 5.32 Å². The number of rotatable bonds is 3. The Morgan fingerprint density at radius 3 is 2.11 bits per heavy atom. The Morgan fingerprint density at radius 2 is 1.53 bits per heavy atom. The Bertz CT molecular complexity index is 594. The van der Waals surface area contributed by atoms with E-state index in [1.165, 1.54) is 6.07 Å². The van der Waals surface area contributed by atoms with Crippen LogP contribution < -0.4 is 5.32 Å². The summed E-state index contributed by atoms with van der Waals surface area (Å²) in [5, 5.41) is 4.11. The standard InChI is InChI=1S/C13H8Cl3F2N/c14-8-4-9(15)13(10(16)5-8)19-6-7-1-2-11(17)12(18)3-7/h1-5,19H,6H2. The number of halogens is 5. The zero-order valence-electron chi connectivity index (χ0n) is 9.48. The Morgan fingerprint density at radius 1 is 0.895 bits per heavy atom. The normalized spacial score (nSPS) is 10.6. The van der Waals surface area contributed by atoms with E-state index >= 15 is 0 Å². The van der Waals surface area contributed by atoms with E-state index in [1.807, 2.05) is 0 Å². The van der Waals surface area contributed by atoms with Crippen molar-refractivity contribution in [3.63, 3.8) is 0 Å². The molecule has 0 radical (unpaired) electrons. The van der Waals surface area contributed by atoms with Crippen molar-refractivity contribution in [3.05, 3.63) is 62.6 Å². The van der Waals surface area contributed by atoms with Crippen LogP contribution in [0.3, 0.4) is 0 Å². The molecule has 2 aromatic rings. The van der Waals surface area contributed by atoms with E-state index in [4.69, 9.17) is 34.8 Å². The highest BCUT2D eigenvalue weighted by molar-refractivity contribution is 6.41. The van der Waals surface area contributed by atoms with Gasteiger partial charge in [-0.15, -0.1) is 0 Å². The van der Waals surface area contributed by atoms with Crippen molar-refractivity contribution in [2.24, 2.45) is 0 Å². The number of nitrogens with one attached hydrogen (secondary N) is 1. The molecule has 0 amide bonds. The molecule has 2 aromatic carbocycles. The molecule has 0 atom stereocenters. The molecular weight excluding hydrogens is 315 g/mol. The van der Waals surface area contributed by atoms with Gasteiger partial charge in [0, 0.05) is 11.6 Å². The molecule has 100 valence electrons. The molecule has 0 heterocycles. The fraction of sp³-hybridized carbons (Fsp3) is 0.0769. The van der Waals surface area contributed by atoms with Crippen molar-refractivity contribution in [1.82, 2.24) is 0 Å². The number of hydrogen-bond acceptors (Lipinski definition) is 1. The number of anilines is 1. The molecule has 0 unspecified atom stereocenters. The van der Waals surface area contributed by atoms with Crippen molar-refractivity contribution in [2.75, 3.05) is 5.32 Å². The van der Waals surface area contributed by atoms with Gasteiger partial charge in [-0.05, 0) is 29.8 Å². The molecule has 1 nitrogen and oxygen atoms in total. The molecule has 0 spiro atoms. The van der Waals surface area contributed by atoms with E-state index in [0.29, 0.717) is 26.3 Å². The first-order valence-electron chi connectivity index (χ1n) is 5.29. The van der Waals surface area contributed by atoms with Crippen LogP contribution in [-0.2, 0) is 6.54 Å². The molecule has 0 aromatic heterocycles. The third-order valence-electron chi connectivity index (χ3n) is 2.46. The molecule has 0 aliphatic rings. The molecule has 0 fully saturated rings. The van der Waals surface area contributed by atoms with Crippen molar-refractivity contribution >= 4 is 40.5 Å². The molecule has 0 saturated heterocycles. The van der Waals surface area contributed by atoms with Gasteiger partial charge in [0.15, 0.2) is 11.6 Å². The van der Waals surface area contributed by atoms with Crippen LogP contribution in [0.15, 0.2) is 30.3 Å². The Hall–Kier alpha value is -1.03. The molecule has 0 aliphatic heterocycles. The zero-order chi connectivity index (χ0) is 14.0. The summed E-state index contributed by atoms with van der Waals surface area (Å²) < 4.78 is 25.8. The molecule has 6 heteroatoms. The monoisotopic (exact) mass is 321 g/mol. The lowest BCUT2D eigenvalue weighted by atomic mass is 10.2. The van der Waals surface area contributed by atoms with Gasteiger partial charge in [0.1, 0.15) is 0 Å². The minimum Gasteiger partial charge on any atom is -0.379 e. The van der Waals surface area contributed by atoms with Crippen LogP contribution in [0.4, 0.5) is 14.5 Å². The number of hydrogen-bond donors (Lipinski definition) is 1. The first-order valence-corrected chi connectivity index (χ1v) is 6.43. The predicted molar refractivity (Wildman–Crippen MR) is 75.2 cm³/mol. The van der Waals surface area contributed by atoms with E-state index in [0.717, 1.165) is 12.1 Å². The maximum atomic E-state index is 13.0. The van der Waals surface area contributed by atoms with Crippen LogP contribution in [0.5, 0.6) is 0 Å². The SMILES string of the molecule is Fc1ccc(CNc2c(Cl)cc(Cl)cc2Cl)cc1F. The molecule has 0 aliphatic carbocycles. The Labute approximate surface area is 124 Å². The van der Waals surface area contributed by atoms with Crippen LogP contribution in [-0.4, -0.2) is 0 Å². The predicted octanol–water partition coefficient (Wildman–Crippen LogP) is 5.54. The lowest BCUT2D eigenvalue weighted by molar-refractivity contribution is 0.507. The third kappa shape index (κ3) is 3.50. The average Bonchev–Trinajstić information content (AvgIpc) is 2.32. The fourth-order valence-corrected chi connectivity index (χ4v) is 2.50.